The Morgan fingerprint density at radius 1 is 1.10 bits per heavy atom. The Labute approximate surface area is 115 Å². The third-order valence-corrected chi connectivity index (χ3v) is 4.09. The number of hydrogen-bond acceptors (Lipinski definition) is 5. The molecule has 0 saturated carbocycles. The summed E-state index contributed by atoms with van der Waals surface area (Å²) in [5.41, 5.74) is 2.29. The fourth-order valence-electron chi connectivity index (χ4n) is 1.98. The molecule has 0 saturated heterocycles. The standard InChI is InChI=1S/C13H11N3O3S/c1-20(18,19)11-5-2-9(3-6-11)12-7-4-10-8-14-13(17)15-16(10)12/h2-8H,1H3,(H,15,17). The highest BCUT2D eigenvalue weighted by atomic mass is 32.2. The van der Waals surface area contributed by atoms with E-state index in [0.717, 1.165) is 16.8 Å². The van der Waals surface area contributed by atoms with Crippen molar-refractivity contribution in [1.82, 2.24) is 14.6 Å². The van der Waals surface area contributed by atoms with Gasteiger partial charge in [-0.3, -0.25) is 0 Å². The van der Waals surface area contributed by atoms with Crippen LogP contribution in [0, 0.1) is 0 Å². The van der Waals surface area contributed by atoms with E-state index in [-0.39, 0.29) is 10.9 Å². The molecule has 0 amide bonds. The maximum atomic E-state index is 11.4. The molecule has 0 aliphatic heterocycles. The van der Waals surface area contributed by atoms with Crippen molar-refractivity contribution in [3.63, 3.8) is 0 Å². The highest BCUT2D eigenvalue weighted by molar-refractivity contribution is 7.90. The molecular weight excluding hydrogens is 278 g/mol. The first-order valence-electron chi connectivity index (χ1n) is 5.79. The molecule has 2 aromatic heterocycles. The predicted octanol–water partition coefficient (Wildman–Crippen LogP) is 1.51. The van der Waals surface area contributed by atoms with Crippen molar-refractivity contribution >= 4 is 15.4 Å². The van der Waals surface area contributed by atoms with Crippen LogP contribution in [-0.2, 0) is 9.84 Å². The Morgan fingerprint density at radius 2 is 1.80 bits per heavy atom. The topological polar surface area (TPSA) is 84.6 Å². The van der Waals surface area contributed by atoms with Gasteiger partial charge in [-0.15, -0.1) is 5.10 Å². The van der Waals surface area contributed by atoms with Gasteiger partial charge in [0, 0.05) is 11.8 Å². The Hall–Kier alpha value is -2.41. The van der Waals surface area contributed by atoms with E-state index in [1.54, 1.807) is 28.8 Å². The largest absolute Gasteiger partial charge is 0.478 e. The maximum absolute atomic E-state index is 11.4. The summed E-state index contributed by atoms with van der Waals surface area (Å²) in [4.78, 5) is 3.97. The summed E-state index contributed by atoms with van der Waals surface area (Å²) >= 11 is 0. The van der Waals surface area contributed by atoms with Gasteiger partial charge in [0.15, 0.2) is 9.84 Å². The average Bonchev–Trinajstić information content (AvgIpc) is 2.81. The number of fused-ring (bicyclic) bond motifs is 1. The van der Waals surface area contributed by atoms with E-state index in [2.05, 4.69) is 10.1 Å². The van der Waals surface area contributed by atoms with Crippen molar-refractivity contribution in [3.8, 4) is 17.3 Å². The van der Waals surface area contributed by atoms with E-state index in [9.17, 15) is 13.5 Å². The minimum atomic E-state index is -3.21. The Bertz CT molecular complexity index is 883. The van der Waals surface area contributed by atoms with Crippen LogP contribution in [0.1, 0.15) is 0 Å². The van der Waals surface area contributed by atoms with E-state index in [1.165, 1.54) is 12.5 Å². The SMILES string of the molecule is CS(=O)(=O)c1ccc(-c2ccc3cnc(O)nn23)cc1. The third-order valence-electron chi connectivity index (χ3n) is 2.96. The van der Waals surface area contributed by atoms with E-state index in [4.69, 9.17) is 0 Å². The van der Waals surface area contributed by atoms with Gasteiger partial charge < -0.3 is 5.11 Å². The summed E-state index contributed by atoms with van der Waals surface area (Å²) in [5, 5.41) is 13.3. The number of aromatic hydroxyl groups is 1. The zero-order valence-corrected chi connectivity index (χ0v) is 11.4. The molecule has 0 bridgehead atoms. The molecule has 1 N–H and O–H groups in total. The number of sulfone groups is 1. The predicted molar refractivity (Wildman–Crippen MR) is 73.2 cm³/mol. The van der Waals surface area contributed by atoms with Crippen LogP contribution in [0.15, 0.2) is 47.5 Å². The second kappa shape index (κ2) is 4.31. The fraction of sp³-hybridized carbons (Fsp3) is 0.0769. The third kappa shape index (κ3) is 2.12. The van der Waals surface area contributed by atoms with E-state index < -0.39 is 9.84 Å². The van der Waals surface area contributed by atoms with E-state index in [1.807, 2.05) is 12.1 Å². The second-order valence-corrected chi connectivity index (χ2v) is 6.43. The molecule has 0 aliphatic rings. The summed E-state index contributed by atoms with van der Waals surface area (Å²) in [6.07, 6.45) is 2.68. The first-order chi connectivity index (χ1) is 9.45. The average molecular weight is 289 g/mol. The molecule has 1 aromatic carbocycles. The van der Waals surface area contributed by atoms with Gasteiger partial charge in [-0.1, -0.05) is 12.1 Å². The van der Waals surface area contributed by atoms with Gasteiger partial charge in [-0.2, -0.15) is 0 Å². The van der Waals surface area contributed by atoms with Gasteiger partial charge in [-0.25, -0.2) is 17.9 Å². The molecular formula is C13H11N3O3S. The van der Waals surface area contributed by atoms with Crippen molar-refractivity contribution in [2.45, 2.75) is 4.90 Å². The first-order valence-corrected chi connectivity index (χ1v) is 7.68. The normalized spacial score (nSPS) is 11.8. The quantitative estimate of drug-likeness (QED) is 0.773. The van der Waals surface area contributed by atoms with Crippen LogP contribution in [0.2, 0.25) is 0 Å². The Morgan fingerprint density at radius 3 is 2.45 bits per heavy atom. The number of nitrogens with zero attached hydrogens (tertiary/aromatic N) is 3. The lowest BCUT2D eigenvalue weighted by atomic mass is 10.2. The minimum absolute atomic E-state index is 0.264. The van der Waals surface area contributed by atoms with Crippen molar-refractivity contribution in [2.24, 2.45) is 0 Å². The molecule has 0 fully saturated rings. The van der Waals surface area contributed by atoms with Crippen molar-refractivity contribution in [1.29, 1.82) is 0 Å². The lowest BCUT2D eigenvalue weighted by Crippen LogP contribution is -1.98. The van der Waals surface area contributed by atoms with E-state index >= 15 is 0 Å². The van der Waals surface area contributed by atoms with Crippen molar-refractivity contribution in [3.05, 3.63) is 42.6 Å². The molecule has 2 heterocycles. The number of rotatable bonds is 2. The molecule has 0 spiro atoms. The fourth-order valence-corrected chi connectivity index (χ4v) is 2.61. The Balaban J connectivity index is 2.14. The molecule has 0 aliphatic carbocycles. The van der Waals surface area contributed by atoms with Crippen LogP contribution in [0.3, 0.4) is 0 Å². The molecule has 102 valence electrons. The monoisotopic (exact) mass is 289 g/mol. The molecule has 3 rings (SSSR count). The van der Waals surface area contributed by atoms with Gasteiger partial charge in [0.25, 0.3) is 0 Å². The molecule has 3 aromatic rings. The molecule has 0 radical (unpaired) electrons. The molecule has 6 nitrogen and oxygen atoms in total. The zero-order chi connectivity index (χ0) is 14.3. The van der Waals surface area contributed by atoms with Crippen LogP contribution < -0.4 is 0 Å². The Kier molecular flexibility index (Phi) is 2.72. The lowest BCUT2D eigenvalue weighted by molar-refractivity contribution is 0.419. The summed E-state index contributed by atoms with van der Waals surface area (Å²) in [5.74, 6) is 0. The zero-order valence-electron chi connectivity index (χ0n) is 10.6. The van der Waals surface area contributed by atoms with Crippen LogP contribution in [-0.4, -0.2) is 34.4 Å². The lowest BCUT2D eigenvalue weighted by Gasteiger charge is -2.03. The van der Waals surface area contributed by atoms with E-state index in [0.29, 0.717) is 0 Å². The summed E-state index contributed by atoms with van der Waals surface area (Å²) < 4.78 is 24.4. The van der Waals surface area contributed by atoms with Crippen LogP contribution in [0.5, 0.6) is 6.01 Å². The highest BCUT2D eigenvalue weighted by Gasteiger charge is 2.10. The van der Waals surface area contributed by atoms with Gasteiger partial charge in [-0.05, 0) is 24.3 Å². The van der Waals surface area contributed by atoms with Gasteiger partial charge in [0.1, 0.15) is 0 Å². The smallest absolute Gasteiger partial charge is 0.331 e. The first kappa shape index (κ1) is 12.6. The van der Waals surface area contributed by atoms with Crippen LogP contribution in [0.25, 0.3) is 16.8 Å². The van der Waals surface area contributed by atoms with Crippen LogP contribution >= 0.6 is 0 Å². The second-order valence-electron chi connectivity index (χ2n) is 4.41. The number of benzene rings is 1. The van der Waals surface area contributed by atoms with Gasteiger partial charge in [0.05, 0.1) is 22.3 Å². The molecule has 20 heavy (non-hydrogen) atoms. The summed E-state index contributed by atoms with van der Waals surface area (Å²) in [6, 6.07) is 9.84. The minimum Gasteiger partial charge on any atom is -0.478 e. The number of aromatic nitrogens is 3. The molecule has 0 unspecified atom stereocenters. The van der Waals surface area contributed by atoms with Crippen molar-refractivity contribution < 1.29 is 13.5 Å². The maximum Gasteiger partial charge on any atom is 0.331 e. The highest BCUT2D eigenvalue weighted by Crippen LogP contribution is 2.23. The molecule has 0 atom stereocenters. The number of hydrogen-bond donors (Lipinski definition) is 1. The van der Waals surface area contributed by atoms with Gasteiger partial charge >= 0.3 is 6.01 Å². The van der Waals surface area contributed by atoms with Gasteiger partial charge in [0.2, 0.25) is 0 Å². The van der Waals surface area contributed by atoms with Crippen LogP contribution in [0.4, 0.5) is 0 Å². The summed E-state index contributed by atoms with van der Waals surface area (Å²) in [6.45, 7) is 0. The van der Waals surface area contributed by atoms with Crippen molar-refractivity contribution in [2.75, 3.05) is 6.26 Å². The molecule has 7 heteroatoms. The summed E-state index contributed by atoms with van der Waals surface area (Å²) in [7, 11) is -3.21.